The number of rotatable bonds is 10. The van der Waals surface area contributed by atoms with Gasteiger partial charge in [0.1, 0.15) is 24.7 Å². The molecule has 154 valence electrons. The molecule has 6 nitrogen and oxygen atoms in total. The van der Waals surface area contributed by atoms with Crippen molar-refractivity contribution in [3.05, 3.63) is 66.2 Å². The highest BCUT2D eigenvalue weighted by atomic mass is 32.1. The van der Waals surface area contributed by atoms with Crippen LogP contribution in [0.15, 0.2) is 60.7 Å². The van der Waals surface area contributed by atoms with Gasteiger partial charge >= 0.3 is 0 Å². The van der Waals surface area contributed by atoms with Gasteiger partial charge in [0.05, 0.1) is 6.61 Å². The molecule has 0 saturated heterocycles. The number of benzene rings is 2. The number of thiocarbonyl (C=S) groups is 1. The van der Waals surface area contributed by atoms with E-state index in [9.17, 15) is 4.79 Å². The minimum atomic E-state index is -0.301. The fraction of sp³-hybridized carbons (Fsp3) is 0.273. The van der Waals surface area contributed by atoms with Crippen LogP contribution < -0.4 is 20.1 Å². The number of hydrogen-bond acceptors (Lipinski definition) is 5. The topological polar surface area (TPSA) is 68.8 Å². The first kappa shape index (κ1) is 22.4. The number of nitrogens with one attached hydrogen (secondary N) is 2. The van der Waals surface area contributed by atoms with Crippen LogP contribution in [0.1, 0.15) is 24.2 Å². The summed E-state index contributed by atoms with van der Waals surface area (Å²) in [6.45, 7) is 9.75. The molecule has 0 radical (unpaired) electrons. The van der Waals surface area contributed by atoms with E-state index in [4.69, 9.17) is 26.4 Å². The number of amides is 1. The molecule has 0 heterocycles. The first-order valence-corrected chi connectivity index (χ1v) is 9.69. The van der Waals surface area contributed by atoms with Gasteiger partial charge in [0, 0.05) is 17.9 Å². The van der Waals surface area contributed by atoms with Gasteiger partial charge in [0.25, 0.3) is 5.91 Å². The molecule has 29 heavy (non-hydrogen) atoms. The highest BCUT2D eigenvalue weighted by Crippen LogP contribution is 2.16. The van der Waals surface area contributed by atoms with E-state index in [2.05, 4.69) is 17.2 Å². The highest BCUT2D eigenvalue weighted by Gasteiger charge is 2.08. The van der Waals surface area contributed by atoms with Gasteiger partial charge in [-0.25, -0.2) is 0 Å². The zero-order valence-corrected chi connectivity index (χ0v) is 17.5. The molecule has 0 atom stereocenters. The fourth-order valence-electron chi connectivity index (χ4n) is 2.24. The first-order chi connectivity index (χ1) is 14.0. The van der Waals surface area contributed by atoms with Crippen molar-refractivity contribution in [2.45, 2.75) is 13.8 Å². The Hall–Kier alpha value is -2.90. The van der Waals surface area contributed by atoms with Crippen LogP contribution >= 0.6 is 12.2 Å². The second-order valence-corrected chi connectivity index (χ2v) is 6.66. The smallest absolute Gasteiger partial charge is 0.257 e. The average Bonchev–Trinajstić information content (AvgIpc) is 2.71. The third kappa shape index (κ3) is 8.33. The van der Waals surface area contributed by atoms with Crippen molar-refractivity contribution in [3.8, 4) is 11.5 Å². The Morgan fingerprint density at radius 3 is 2.24 bits per heavy atom. The van der Waals surface area contributed by atoms with Crippen molar-refractivity contribution in [1.82, 2.24) is 5.32 Å². The summed E-state index contributed by atoms with van der Waals surface area (Å²) in [6.07, 6.45) is 0. The molecule has 0 aliphatic rings. The molecular formula is C22H26N2O4S. The van der Waals surface area contributed by atoms with Crippen LogP contribution in [0.3, 0.4) is 0 Å². The Morgan fingerprint density at radius 1 is 1.00 bits per heavy atom. The molecule has 2 aromatic rings. The van der Waals surface area contributed by atoms with Gasteiger partial charge in [0.15, 0.2) is 5.11 Å². The van der Waals surface area contributed by atoms with E-state index >= 15 is 0 Å². The zero-order valence-electron chi connectivity index (χ0n) is 16.7. The highest BCUT2D eigenvalue weighted by molar-refractivity contribution is 7.80. The molecule has 0 aromatic heterocycles. The summed E-state index contributed by atoms with van der Waals surface area (Å²) >= 11 is 5.21. The van der Waals surface area contributed by atoms with Gasteiger partial charge in [-0.2, -0.15) is 0 Å². The number of ether oxygens (including phenoxy) is 3. The van der Waals surface area contributed by atoms with Crippen LogP contribution in [0.5, 0.6) is 11.5 Å². The minimum absolute atomic E-state index is 0.211. The molecule has 0 aliphatic carbocycles. The molecule has 0 unspecified atom stereocenters. The summed E-state index contributed by atoms with van der Waals surface area (Å²) in [5.41, 5.74) is 2.17. The van der Waals surface area contributed by atoms with Crippen molar-refractivity contribution in [2.24, 2.45) is 0 Å². The van der Waals surface area contributed by atoms with E-state index in [0.717, 1.165) is 17.0 Å². The maximum atomic E-state index is 12.3. The van der Waals surface area contributed by atoms with Crippen LogP contribution in [0.4, 0.5) is 5.69 Å². The van der Waals surface area contributed by atoms with Gasteiger partial charge in [-0.1, -0.05) is 6.58 Å². The standard InChI is InChI=1S/C22H26N2O4S/c1-4-26-13-14-27-19-9-5-17(6-10-19)21(25)24-22(29)23-18-7-11-20(12-8-18)28-15-16(2)3/h5-12H,2,4,13-15H2,1,3H3,(H2,23,24,25,29). The second kappa shape index (κ2) is 11.8. The Balaban J connectivity index is 1.80. The lowest BCUT2D eigenvalue weighted by Crippen LogP contribution is -2.34. The van der Waals surface area contributed by atoms with Crippen LogP contribution in [0.25, 0.3) is 0 Å². The lowest BCUT2D eigenvalue weighted by Gasteiger charge is -2.11. The molecule has 2 N–H and O–H groups in total. The quantitative estimate of drug-likeness (QED) is 0.345. The Labute approximate surface area is 176 Å². The van der Waals surface area contributed by atoms with Gasteiger partial charge in [-0.05, 0) is 80.2 Å². The van der Waals surface area contributed by atoms with E-state index in [1.807, 2.05) is 38.1 Å². The maximum Gasteiger partial charge on any atom is 0.257 e. The molecule has 2 rings (SSSR count). The third-order valence-electron chi connectivity index (χ3n) is 3.64. The van der Waals surface area contributed by atoms with Crippen LogP contribution in [0, 0.1) is 0 Å². The van der Waals surface area contributed by atoms with Gasteiger partial charge in [-0.15, -0.1) is 0 Å². The summed E-state index contributed by atoms with van der Waals surface area (Å²) in [7, 11) is 0. The summed E-state index contributed by atoms with van der Waals surface area (Å²) in [6, 6.07) is 14.1. The summed E-state index contributed by atoms with van der Waals surface area (Å²) < 4.78 is 16.3. The Kier molecular flexibility index (Phi) is 9.14. The monoisotopic (exact) mass is 414 g/mol. The fourth-order valence-corrected chi connectivity index (χ4v) is 2.45. The lowest BCUT2D eigenvalue weighted by atomic mass is 10.2. The van der Waals surface area contributed by atoms with Crippen molar-refractivity contribution in [2.75, 3.05) is 31.7 Å². The molecule has 1 amide bonds. The molecule has 2 aromatic carbocycles. The molecule has 7 heteroatoms. The largest absolute Gasteiger partial charge is 0.491 e. The van der Waals surface area contributed by atoms with E-state index < -0.39 is 0 Å². The third-order valence-corrected chi connectivity index (χ3v) is 3.85. The predicted molar refractivity (Wildman–Crippen MR) is 119 cm³/mol. The average molecular weight is 415 g/mol. The van der Waals surface area contributed by atoms with E-state index in [1.165, 1.54) is 0 Å². The molecule has 0 saturated carbocycles. The summed E-state index contributed by atoms with van der Waals surface area (Å²) in [5.74, 6) is 1.11. The van der Waals surface area contributed by atoms with Crippen molar-refractivity contribution in [3.63, 3.8) is 0 Å². The van der Waals surface area contributed by atoms with Gasteiger partial charge in [-0.3, -0.25) is 10.1 Å². The van der Waals surface area contributed by atoms with E-state index in [1.54, 1.807) is 24.3 Å². The first-order valence-electron chi connectivity index (χ1n) is 9.28. The van der Waals surface area contributed by atoms with Crippen LogP contribution in [-0.4, -0.2) is 37.4 Å². The number of anilines is 1. The van der Waals surface area contributed by atoms with Crippen LogP contribution in [0.2, 0.25) is 0 Å². The Morgan fingerprint density at radius 2 is 1.62 bits per heavy atom. The second-order valence-electron chi connectivity index (χ2n) is 6.25. The zero-order chi connectivity index (χ0) is 21.1. The molecule has 0 fully saturated rings. The summed E-state index contributed by atoms with van der Waals surface area (Å²) in [4.78, 5) is 12.3. The van der Waals surface area contributed by atoms with Crippen LogP contribution in [-0.2, 0) is 4.74 Å². The molecule has 0 aliphatic heterocycles. The summed E-state index contributed by atoms with van der Waals surface area (Å²) in [5, 5.41) is 5.84. The Bertz CT molecular complexity index is 820. The normalized spacial score (nSPS) is 10.1. The molecule has 0 spiro atoms. The minimum Gasteiger partial charge on any atom is -0.491 e. The van der Waals surface area contributed by atoms with Crippen molar-refractivity contribution < 1.29 is 19.0 Å². The predicted octanol–water partition coefficient (Wildman–Crippen LogP) is 4.18. The van der Waals surface area contributed by atoms with E-state index in [-0.39, 0.29) is 11.0 Å². The van der Waals surface area contributed by atoms with Crippen molar-refractivity contribution in [1.29, 1.82) is 0 Å². The lowest BCUT2D eigenvalue weighted by molar-refractivity contribution is 0.0977. The molecule has 0 bridgehead atoms. The van der Waals surface area contributed by atoms with Crippen molar-refractivity contribution >= 4 is 28.9 Å². The maximum absolute atomic E-state index is 12.3. The van der Waals surface area contributed by atoms with Gasteiger partial charge in [0.2, 0.25) is 0 Å². The molecular weight excluding hydrogens is 388 g/mol. The number of hydrogen-bond donors (Lipinski definition) is 2. The SMILES string of the molecule is C=C(C)COc1ccc(NC(=S)NC(=O)c2ccc(OCCOCC)cc2)cc1. The van der Waals surface area contributed by atoms with Gasteiger partial charge < -0.3 is 19.5 Å². The van der Waals surface area contributed by atoms with E-state index in [0.29, 0.717) is 37.7 Å². The number of carbonyl (C=O) groups is 1. The number of carbonyl (C=O) groups excluding carboxylic acids is 1.